The van der Waals surface area contributed by atoms with Crippen LogP contribution in [0.2, 0.25) is 0 Å². The van der Waals surface area contributed by atoms with Crippen molar-refractivity contribution < 1.29 is 9.66 Å². The molecular formula is C15H13N5O3. The number of methoxy groups -OCH3 is 1. The molecule has 8 nitrogen and oxygen atoms in total. The maximum Gasteiger partial charge on any atom is 0.296 e. The van der Waals surface area contributed by atoms with Gasteiger partial charge in [0.25, 0.3) is 5.69 Å². The predicted molar refractivity (Wildman–Crippen MR) is 84.9 cm³/mol. The molecule has 0 saturated carbocycles. The largest absolute Gasteiger partial charge is 0.494 e. The number of pyridine rings is 1. The van der Waals surface area contributed by atoms with Gasteiger partial charge in [0.05, 0.1) is 23.4 Å². The van der Waals surface area contributed by atoms with Crippen molar-refractivity contribution in [2.24, 2.45) is 5.73 Å². The zero-order valence-corrected chi connectivity index (χ0v) is 12.2. The van der Waals surface area contributed by atoms with Crippen LogP contribution in [-0.2, 0) is 0 Å². The van der Waals surface area contributed by atoms with Crippen LogP contribution in [-0.4, -0.2) is 17.0 Å². The molecule has 2 rings (SSSR count). The number of hydrogen-bond donors (Lipinski definition) is 2. The minimum absolute atomic E-state index is 0.0487. The quantitative estimate of drug-likeness (QED) is 0.380. The smallest absolute Gasteiger partial charge is 0.296 e. The minimum atomic E-state index is -0.637. The molecule has 8 heteroatoms. The van der Waals surface area contributed by atoms with Crippen molar-refractivity contribution in [1.29, 1.82) is 5.26 Å². The SMILES string of the molecule is COc1cc(/C(N)=C(\C#N)c2ccccn2)cc([N+](=O)[O-])c1N. The van der Waals surface area contributed by atoms with E-state index < -0.39 is 4.92 Å². The first-order valence-corrected chi connectivity index (χ1v) is 6.43. The van der Waals surface area contributed by atoms with Crippen molar-refractivity contribution in [3.63, 3.8) is 0 Å². The lowest BCUT2D eigenvalue weighted by Gasteiger charge is -2.10. The van der Waals surface area contributed by atoms with Crippen molar-refractivity contribution in [2.45, 2.75) is 0 Å². The number of nitriles is 1. The number of nitrogen functional groups attached to an aromatic ring is 1. The molecule has 0 aliphatic rings. The standard InChI is InChI=1S/C15H13N5O3/c1-23-13-7-9(6-12(15(13)18)20(21)22)14(17)10(8-16)11-4-2-3-5-19-11/h2-7H,17-18H2,1H3/b14-10-. The summed E-state index contributed by atoms with van der Waals surface area (Å²) in [6.45, 7) is 0. The molecule has 0 radical (unpaired) electrons. The molecule has 0 amide bonds. The summed E-state index contributed by atoms with van der Waals surface area (Å²) in [5, 5.41) is 20.5. The molecule has 0 atom stereocenters. The van der Waals surface area contributed by atoms with E-state index in [1.807, 2.05) is 6.07 Å². The Morgan fingerprint density at radius 1 is 1.43 bits per heavy atom. The maximum absolute atomic E-state index is 11.1. The van der Waals surface area contributed by atoms with Crippen LogP contribution in [0.4, 0.5) is 11.4 Å². The maximum atomic E-state index is 11.1. The highest BCUT2D eigenvalue weighted by atomic mass is 16.6. The first-order valence-electron chi connectivity index (χ1n) is 6.43. The fourth-order valence-corrected chi connectivity index (χ4v) is 2.00. The highest BCUT2D eigenvalue weighted by molar-refractivity contribution is 5.96. The zero-order valence-electron chi connectivity index (χ0n) is 12.2. The molecule has 2 aromatic rings. The summed E-state index contributed by atoms with van der Waals surface area (Å²) in [4.78, 5) is 14.5. The summed E-state index contributed by atoms with van der Waals surface area (Å²) in [7, 11) is 1.34. The van der Waals surface area contributed by atoms with E-state index in [4.69, 9.17) is 16.2 Å². The summed E-state index contributed by atoms with van der Waals surface area (Å²) in [5.41, 5.74) is 12.0. The number of ether oxygens (including phenoxy) is 1. The highest BCUT2D eigenvalue weighted by Gasteiger charge is 2.20. The fraction of sp³-hybridized carbons (Fsp3) is 0.0667. The number of rotatable bonds is 4. The molecule has 0 spiro atoms. The van der Waals surface area contributed by atoms with Gasteiger partial charge in [0, 0.05) is 17.8 Å². The molecule has 116 valence electrons. The molecule has 0 bridgehead atoms. The van der Waals surface area contributed by atoms with Crippen LogP contribution in [0, 0.1) is 21.4 Å². The zero-order chi connectivity index (χ0) is 17.0. The van der Waals surface area contributed by atoms with Crippen molar-refractivity contribution in [2.75, 3.05) is 12.8 Å². The lowest BCUT2D eigenvalue weighted by Crippen LogP contribution is -2.05. The number of hydrogen-bond acceptors (Lipinski definition) is 7. The number of nitro groups is 1. The third-order valence-corrected chi connectivity index (χ3v) is 3.15. The van der Waals surface area contributed by atoms with Gasteiger partial charge in [0.1, 0.15) is 17.4 Å². The topological polar surface area (TPSA) is 141 Å². The molecular weight excluding hydrogens is 298 g/mol. The Balaban J connectivity index is 2.69. The summed E-state index contributed by atoms with van der Waals surface area (Å²) >= 11 is 0. The van der Waals surface area contributed by atoms with E-state index in [1.54, 1.807) is 18.2 Å². The van der Waals surface area contributed by atoms with E-state index >= 15 is 0 Å². The van der Waals surface area contributed by atoms with Crippen molar-refractivity contribution in [3.05, 3.63) is 57.9 Å². The number of anilines is 1. The second-order valence-corrected chi connectivity index (χ2v) is 4.48. The van der Waals surface area contributed by atoms with Crippen LogP contribution in [0.5, 0.6) is 5.75 Å². The summed E-state index contributed by atoms with van der Waals surface area (Å²) in [6, 6.07) is 9.64. The lowest BCUT2D eigenvalue weighted by molar-refractivity contribution is -0.384. The van der Waals surface area contributed by atoms with Crippen molar-refractivity contribution in [3.8, 4) is 11.8 Å². The fourth-order valence-electron chi connectivity index (χ4n) is 2.00. The Bertz CT molecular complexity index is 825. The van der Waals surface area contributed by atoms with Crippen LogP contribution in [0.1, 0.15) is 11.3 Å². The van der Waals surface area contributed by atoms with Gasteiger partial charge in [0.15, 0.2) is 5.69 Å². The Labute approximate surface area is 131 Å². The van der Waals surface area contributed by atoms with Gasteiger partial charge in [-0.25, -0.2) is 0 Å². The van der Waals surface area contributed by atoms with E-state index in [2.05, 4.69) is 4.98 Å². The Morgan fingerprint density at radius 2 is 2.17 bits per heavy atom. The van der Waals surface area contributed by atoms with E-state index in [1.165, 1.54) is 25.4 Å². The molecule has 0 unspecified atom stereocenters. The number of aromatic nitrogens is 1. The van der Waals surface area contributed by atoms with Gasteiger partial charge in [-0.1, -0.05) is 6.07 Å². The Hall–Kier alpha value is -3.60. The molecule has 1 aromatic heterocycles. The third kappa shape index (κ3) is 3.03. The second-order valence-electron chi connectivity index (χ2n) is 4.48. The average molecular weight is 311 g/mol. The van der Waals surface area contributed by atoms with E-state index in [0.717, 1.165) is 0 Å². The van der Waals surface area contributed by atoms with Crippen LogP contribution in [0.25, 0.3) is 11.3 Å². The van der Waals surface area contributed by atoms with E-state index in [0.29, 0.717) is 5.69 Å². The van der Waals surface area contributed by atoms with Crippen LogP contribution in [0.15, 0.2) is 36.5 Å². The first-order chi connectivity index (χ1) is 11.0. The molecule has 0 fully saturated rings. The molecule has 0 aliphatic carbocycles. The number of benzene rings is 1. The van der Waals surface area contributed by atoms with Crippen molar-refractivity contribution >= 4 is 22.6 Å². The predicted octanol–water partition coefficient (Wildman–Crippen LogP) is 1.93. The van der Waals surface area contributed by atoms with Gasteiger partial charge in [-0.2, -0.15) is 5.26 Å². The summed E-state index contributed by atoms with van der Waals surface area (Å²) < 4.78 is 5.04. The number of nitro benzene ring substituents is 1. The third-order valence-electron chi connectivity index (χ3n) is 3.15. The van der Waals surface area contributed by atoms with Gasteiger partial charge in [-0.05, 0) is 18.2 Å². The van der Waals surface area contributed by atoms with Crippen LogP contribution >= 0.6 is 0 Å². The minimum Gasteiger partial charge on any atom is -0.494 e. The Kier molecular flexibility index (Phi) is 4.42. The van der Waals surface area contributed by atoms with Gasteiger partial charge in [0.2, 0.25) is 0 Å². The summed E-state index contributed by atoms with van der Waals surface area (Å²) in [6.07, 6.45) is 1.52. The monoisotopic (exact) mass is 311 g/mol. The lowest BCUT2D eigenvalue weighted by atomic mass is 10.0. The van der Waals surface area contributed by atoms with Crippen molar-refractivity contribution in [1.82, 2.24) is 4.98 Å². The molecule has 0 aliphatic heterocycles. The van der Waals surface area contributed by atoms with Crippen LogP contribution in [0.3, 0.4) is 0 Å². The number of nitrogens with zero attached hydrogens (tertiary/aromatic N) is 3. The second kappa shape index (κ2) is 6.44. The highest BCUT2D eigenvalue weighted by Crippen LogP contribution is 2.35. The number of nitrogens with two attached hydrogens (primary N) is 2. The Morgan fingerprint density at radius 3 is 2.70 bits per heavy atom. The van der Waals surface area contributed by atoms with Gasteiger partial charge in [-0.15, -0.1) is 0 Å². The molecule has 0 saturated heterocycles. The summed E-state index contributed by atoms with van der Waals surface area (Å²) in [5.74, 6) is 0.107. The number of allylic oxidation sites excluding steroid dienone is 1. The van der Waals surface area contributed by atoms with Crippen LogP contribution < -0.4 is 16.2 Å². The molecule has 1 heterocycles. The molecule has 1 aromatic carbocycles. The van der Waals surface area contributed by atoms with Gasteiger partial charge < -0.3 is 16.2 Å². The van der Waals surface area contributed by atoms with E-state index in [-0.39, 0.29) is 34.0 Å². The molecule has 23 heavy (non-hydrogen) atoms. The first kappa shape index (κ1) is 15.8. The van der Waals surface area contributed by atoms with Gasteiger partial charge >= 0.3 is 0 Å². The normalized spacial score (nSPS) is 11.3. The molecule has 4 N–H and O–H groups in total. The average Bonchev–Trinajstić information content (AvgIpc) is 2.56. The van der Waals surface area contributed by atoms with E-state index in [9.17, 15) is 15.4 Å². The van der Waals surface area contributed by atoms with Gasteiger partial charge in [-0.3, -0.25) is 15.1 Å².